The van der Waals surface area contributed by atoms with E-state index in [-0.39, 0.29) is 23.2 Å². The molecule has 0 saturated carbocycles. The molecule has 0 N–H and O–H groups in total. The van der Waals surface area contributed by atoms with Gasteiger partial charge in [-0.3, -0.25) is 14.5 Å². The number of nitrogens with zero attached hydrogens (tertiary/aromatic N) is 1. The maximum atomic E-state index is 12.6. The smallest absolute Gasteiger partial charge is 0.343 e. The third kappa shape index (κ3) is 3.13. The van der Waals surface area contributed by atoms with Gasteiger partial charge in [0.05, 0.1) is 29.5 Å². The zero-order valence-electron chi connectivity index (χ0n) is 14.5. The second-order valence-corrected chi connectivity index (χ2v) is 6.24. The van der Waals surface area contributed by atoms with E-state index in [9.17, 15) is 14.4 Å². The fourth-order valence-electron chi connectivity index (χ4n) is 2.89. The van der Waals surface area contributed by atoms with Gasteiger partial charge in [0.25, 0.3) is 11.8 Å². The number of hydrogen-bond donors (Lipinski definition) is 0. The summed E-state index contributed by atoms with van der Waals surface area (Å²) in [4.78, 5) is 38.6. The second kappa shape index (κ2) is 6.57. The molecule has 6 nitrogen and oxygen atoms in total. The number of hydrogen-bond acceptors (Lipinski definition) is 5. The van der Waals surface area contributed by atoms with Crippen LogP contribution < -0.4 is 4.74 Å². The Kier molecular flexibility index (Phi) is 4.08. The molecule has 134 valence electrons. The van der Waals surface area contributed by atoms with Crippen molar-refractivity contribution in [2.75, 3.05) is 0 Å². The maximum Gasteiger partial charge on any atom is 0.343 e. The van der Waals surface area contributed by atoms with E-state index in [1.54, 1.807) is 24.3 Å². The number of furan rings is 1. The van der Waals surface area contributed by atoms with Crippen molar-refractivity contribution in [3.05, 3.63) is 88.9 Å². The summed E-state index contributed by atoms with van der Waals surface area (Å²) in [6, 6.07) is 14.8. The first-order valence-electron chi connectivity index (χ1n) is 8.34. The van der Waals surface area contributed by atoms with Gasteiger partial charge in [-0.15, -0.1) is 0 Å². The van der Waals surface area contributed by atoms with Crippen LogP contribution in [0.1, 0.15) is 42.4 Å². The Labute approximate surface area is 155 Å². The summed E-state index contributed by atoms with van der Waals surface area (Å²) >= 11 is 0. The minimum atomic E-state index is -0.591. The van der Waals surface area contributed by atoms with Crippen molar-refractivity contribution in [3.63, 3.8) is 0 Å². The van der Waals surface area contributed by atoms with Crippen molar-refractivity contribution in [3.8, 4) is 5.75 Å². The highest BCUT2D eigenvalue weighted by Crippen LogP contribution is 2.26. The SMILES string of the molecule is Cc1ccc(OC(=O)c2ccc3c(c2)C(=O)N(Cc2ccco2)C3=O)cc1. The van der Waals surface area contributed by atoms with Crippen LogP contribution in [0.4, 0.5) is 0 Å². The lowest BCUT2D eigenvalue weighted by molar-refractivity contribution is 0.0631. The molecule has 0 unspecified atom stereocenters. The van der Waals surface area contributed by atoms with Crippen molar-refractivity contribution in [2.24, 2.45) is 0 Å². The van der Waals surface area contributed by atoms with Gasteiger partial charge in [-0.2, -0.15) is 0 Å². The fraction of sp³-hybridized carbons (Fsp3) is 0.0952. The first-order valence-corrected chi connectivity index (χ1v) is 8.34. The van der Waals surface area contributed by atoms with E-state index in [0.29, 0.717) is 11.5 Å². The number of ether oxygens (including phenoxy) is 1. The molecule has 27 heavy (non-hydrogen) atoms. The van der Waals surface area contributed by atoms with Crippen molar-refractivity contribution < 1.29 is 23.5 Å². The Morgan fingerprint density at radius 1 is 1.00 bits per heavy atom. The Bertz CT molecular complexity index is 1030. The van der Waals surface area contributed by atoms with Crippen molar-refractivity contribution in [1.82, 2.24) is 4.90 Å². The van der Waals surface area contributed by atoms with Gasteiger partial charge in [-0.05, 0) is 49.4 Å². The lowest BCUT2D eigenvalue weighted by atomic mass is 10.1. The van der Waals surface area contributed by atoms with Crippen LogP contribution in [0, 0.1) is 6.92 Å². The molecule has 2 aromatic carbocycles. The highest BCUT2D eigenvalue weighted by molar-refractivity contribution is 6.21. The molecule has 0 aliphatic carbocycles. The summed E-state index contributed by atoms with van der Waals surface area (Å²) in [5.74, 6) is -0.552. The van der Waals surface area contributed by atoms with Crippen LogP contribution in [0.15, 0.2) is 65.3 Å². The molecule has 3 aromatic rings. The van der Waals surface area contributed by atoms with E-state index in [1.807, 2.05) is 19.1 Å². The predicted molar refractivity (Wildman–Crippen MR) is 95.5 cm³/mol. The molecule has 2 heterocycles. The van der Waals surface area contributed by atoms with E-state index in [2.05, 4.69) is 0 Å². The minimum absolute atomic E-state index is 0.0441. The van der Waals surface area contributed by atoms with Crippen LogP contribution in [0.25, 0.3) is 0 Å². The molecule has 1 aliphatic heterocycles. The lowest BCUT2D eigenvalue weighted by Gasteiger charge is -2.11. The Morgan fingerprint density at radius 2 is 1.74 bits per heavy atom. The number of esters is 1. The Morgan fingerprint density at radius 3 is 2.44 bits per heavy atom. The summed E-state index contributed by atoms with van der Waals surface area (Å²) in [7, 11) is 0. The zero-order chi connectivity index (χ0) is 19.0. The van der Waals surface area contributed by atoms with Crippen molar-refractivity contribution in [2.45, 2.75) is 13.5 Å². The largest absolute Gasteiger partial charge is 0.467 e. The quantitative estimate of drug-likeness (QED) is 0.403. The monoisotopic (exact) mass is 361 g/mol. The lowest BCUT2D eigenvalue weighted by Crippen LogP contribution is -2.28. The zero-order valence-corrected chi connectivity index (χ0v) is 14.5. The standard InChI is InChI=1S/C21H15NO5/c1-13-4-7-15(8-5-13)27-21(25)14-6-9-17-18(11-14)20(24)22(19(17)23)12-16-3-2-10-26-16/h2-11H,12H2,1H3. The van der Waals surface area contributed by atoms with E-state index in [0.717, 1.165) is 10.5 Å². The van der Waals surface area contributed by atoms with Gasteiger partial charge in [-0.1, -0.05) is 17.7 Å². The summed E-state index contributed by atoms with van der Waals surface area (Å²) < 4.78 is 10.5. The van der Waals surface area contributed by atoms with E-state index in [4.69, 9.17) is 9.15 Å². The first kappa shape index (κ1) is 16.8. The number of fused-ring (bicyclic) bond motifs is 1. The van der Waals surface area contributed by atoms with E-state index in [1.165, 1.54) is 24.5 Å². The maximum absolute atomic E-state index is 12.6. The molecule has 0 atom stereocenters. The molecule has 4 rings (SSSR count). The third-order valence-electron chi connectivity index (χ3n) is 4.33. The van der Waals surface area contributed by atoms with Crippen LogP contribution in [0.2, 0.25) is 0 Å². The molecule has 0 spiro atoms. The van der Waals surface area contributed by atoms with Crippen LogP contribution in [0.3, 0.4) is 0 Å². The van der Waals surface area contributed by atoms with Crippen LogP contribution in [-0.4, -0.2) is 22.7 Å². The first-order chi connectivity index (χ1) is 13.0. The van der Waals surface area contributed by atoms with Gasteiger partial charge in [0, 0.05) is 0 Å². The van der Waals surface area contributed by atoms with Gasteiger partial charge in [0.2, 0.25) is 0 Å². The van der Waals surface area contributed by atoms with Gasteiger partial charge in [0.1, 0.15) is 11.5 Å². The van der Waals surface area contributed by atoms with Gasteiger partial charge >= 0.3 is 5.97 Å². The predicted octanol–water partition coefficient (Wildman–Crippen LogP) is 3.60. The topological polar surface area (TPSA) is 76.8 Å². The minimum Gasteiger partial charge on any atom is -0.467 e. The molecule has 1 aliphatic rings. The average molecular weight is 361 g/mol. The summed E-state index contributed by atoms with van der Waals surface area (Å²) in [5, 5.41) is 0. The molecule has 0 fully saturated rings. The molecular formula is C21H15NO5. The molecule has 6 heteroatoms. The summed E-state index contributed by atoms with van der Waals surface area (Å²) in [6.45, 7) is 1.98. The normalized spacial score (nSPS) is 13.0. The second-order valence-electron chi connectivity index (χ2n) is 6.24. The number of imide groups is 1. The number of carbonyl (C=O) groups excluding carboxylic acids is 3. The molecule has 2 amide bonds. The molecule has 0 radical (unpaired) electrons. The Balaban J connectivity index is 1.57. The summed E-state index contributed by atoms with van der Waals surface area (Å²) in [5.41, 5.74) is 1.70. The number of benzene rings is 2. The molecule has 1 aromatic heterocycles. The number of amides is 2. The fourth-order valence-corrected chi connectivity index (χ4v) is 2.89. The Hall–Kier alpha value is -3.67. The van der Waals surface area contributed by atoms with Crippen LogP contribution in [-0.2, 0) is 6.54 Å². The molecule has 0 bridgehead atoms. The van der Waals surface area contributed by atoms with Crippen LogP contribution in [0.5, 0.6) is 5.75 Å². The molecular weight excluding hydrogens is 346 g/mol. The highest BCUT2D eigenvalue weighted by Gasteiger charge is 2.36. The third-order valence-corrected chi connectivity index (χ3v) is 4.33. The summed E-state index contributed by atoms with van der Waals surface area (Å²) in [6.07, 6.45) is 1.48. The van der Waals surface area contributed by atoms with E-state index >= 15 is 0 Å². The van der Waals surface area contributed by atoms with Gasteiger partial charge in [0.15, 0.2) is 0 Å². The number of aryl methyl sites for hydroxylation is 1. The average Bonchev–Trinajstić information content (AvgIpc) is 3.26. The number of carbonyl (C=O) groups is 3. The van der Waals surface area contributed by atoms with Crippen LogP contribution >= 0.6 is 0 Å². The van der Waals surface area contributed by atoms with Gasteiger partial charge < -0.3 is 9.15 Å². The number of rotatable bonds is 4. The molecule has 0 saturated heterocycles. The van der Waals surface area contributed by atoms with Crippen molar-refractivity contribution in [1.29, 1.82) is 0 Å². The van der Waals surface area contributed by atoms with Gasteiger partial charge in [-0.25, -0.2) is 4.79 Å². The van der Waals surface area contributed by atoms with Crippen molar-refractivity contribution >= 4 is 17.8 Å². The highest BCUT2D eigenvalue weighted by atomic mass is 16.5. The van der Waals surface area contributed by atoms with E-state index < -0.39 is 17.8 Å².